The molecular formula is C12H14N2O2S2. The number of hydrogen-bond acceptors (Lipinski definition) is 5. The van der Waals surface area contributed by atoms with Crippen LogP contribution >= 0.6 is 11.3 Å². The first-order valence-electron chi connectivity index (χ1n) is 5.56. The molecule has 18 heavy (non-hydrogen) atoms. The Morgan fingerprint density at radius 3 is 2.78 bits per heavy atom. The molecule has 2 N–H and O–H groups in total. The van der Waals surface area contributed by atoms with Gasteiger partial charge in [-0.3, -0.25) is 0 Å². The van der Waals surface area contributed by atoms with Crippen molar-refractivity contribution in [2.24, 2.45) is 5.73 Å². The van der Waals surface area contributed by atoms with Gasteiger partial charge in [-0.2, -0.15) is 0 Å². The van der Waals surface area contributed by atoms with Crippen LogP contribution in [0.3, 0.4) is 0 Å². The molecule has 1 heterocycles. The van der Waals surface area contributed by atoms with Crippen LogP contribution in [-0.2, 0) is 22.8 Å². The molecule has 0 atom stereocenters. The van der Waals surface area contributed by atoms with Gasteiger partial charge in [0, 0.05) is 6.54 Å². The Labute approximate surface area is 110 Å². The van der Waals surface area contributed by atoms with Crippen LogP contribution in [0, 0.1) is 0 Å². The molecule has 0 spiro atoms. The summed E-state index contributed by atoms with van der Waals surface area (Å²) in [6, 6.07) is 6.99. The maximum absolute atomic E-state index is 12.4. The third-order valence-corrected chi connectivity index (χ3v) is 5.82. The number of rotatable bonds is 4. The lowest BCUT2D eigenvalue weighted by Crippen LogP contribution is -2.00. The number of benzene rings is 1. The van der Waals surface area contributed by atoms with Crippen LogP contribution in [0.4, 0.5) is 0 Å². The molecule has 2 rings (SSSR count). The van der Waals surface area contributed by atoms with Gasteiger partial charge in [0.15, 0.2) is 0 Å². The molecule has 4 nitrogen and oxygen atoms in total. The average molecular weight is 282 g/mol. The van der Waals surface area contributed by atoms with E-state index in [4.69, 9.17) is 5.73 Å². The average Bonchev–Trinajstić information content (AvgIpc) is 2.88. The number of aromatic nitrogens is 1. The first-order chi connectivity index (χ1) is 8.57. The van der Waals surface area contributed by atoms with Gasteiger partial charge in [0.05, 0.1) is 11.1 Å². The van der Waals surface area contributed by atoms with Crippen LogP contribution in [0.5, 0.6) is 0 Å². The Morgan fingerprint density at radius 2 is 2.17 bits per heavy atom. The van der Waals surface area contributed by atoms with Crippen LogP contribution in [0.25, 0.3) is 0 Å². The van der Waals surface area contributed by atoms with Crippen molar-refractivity contribution in [2.75, 3.05) is 0 Å². The van der Waals surface area contributed by atoms with Gasteiger partial charge in [-0.05, 0) is 24.1 Å². The molecule has 1 aromatic heterocycles. The standard InChI is InChI=1S/C12H14N2O2S2/c1-2-9-4-3-5-10(6-9)18(15,16)12-8-14-11(7-13)17-12/h3-6,8H,2,7,13H2,1H3. The number of thiazole rings is 1. The van der Waals surface area contributed by atoms with E-state index in [0.717, 1.165) is 23.3 Å². The molecule has 0 radical (unpaired) electrons. The SMILES string of the molecule is CCc1cccc(S(=O)(=O)c2cnc(CN)s2)c1. The molecule has 6 heteroatoms. The summed E-state index contributed by atoms with van der Waals surface area (Å²) in [7, 11) is -3.46. The second kappa shape index (κ2) is 5.17. The number of aryl methyl sites for hydroxylation is 1. The Kier molecular flexibility index (Phi) is 3.79. The highest BCUT2D eigenvalue weighted by atomic mass is 32.2. The summed E-state index contributed by atoms with van der Waals surface area (Å²) in [5.41, 5.74) is 6.44. The summed E-state index contributed by atoms with van der Waals surface area (Å²) >= 11 is 1.12. The zero-order valence-corrected chi connectivity index (χ0v) is 11.6. The second-order valence-corrected chi connectivity index (χ2v) is 7.07. The largest absolute Gasteiger partial charge is 0.325 e. The van der Waals surface area contributed by atoms with E-state index >= 15 is 0 Å². The van der Waals surface area contributed by atoms with Crippen molar-refractivity contribution in [3.8, 4) is 0 Å². The van der Waals surface area contributed by atoms with Crippen molar-refractivity contribution in [3.05, 3.63) is 41.0 Å². The highest BCUT2D eigenvalue weighted by Gasteiger charge is 2.20. The van der Waals surface area contributed by atoms with E-state index in [1.807, 2.05) is 13.0 Å². The third-order valence-electron chi connectivity index (χ3n) is 2.59. The minimum Gasteiger partial charge on any atom is -0.325 e. The van der Waals surface area contributed by atoms with Crippen molar-refractivity contribution in [1.82, 2.24) is 4.98 Å². The molecule has 0 aliphatic carbocycles. The monoisotopic (exact) mass is 282 g/mol. The summed E-state index contributed by atoms with van der Waals surface area (Å²) in [4.78, 5) is 4.30. The fourth-order valence-corrected chi connectivity index (χ4v) is 4.09. The molecule has 0 unspecified atom stereocenters. The molecule has 0 aliphatic rings. The molecule has 0 aliphatic heterocycles. The van der Waals surface area contributed by atoms with E-state index in [9.17, 15) is 8.42 Å². The predicted molar refractivity (Wildman–Crippen MR) is 71.3 cm³/mol. The summed E-state index contributed by atoms with van der Waals surface area (Å²) in [6.07, 6.45) is 2.18. The molecule has 0 saturated heterocycles. The van der Waals surface area contributed by atoms with Crippen molar-refractivity contribution in [3.63, 3.8) is 0 Å². The summed E-state index contributed by atoms with van der Waals surface area (Å²) in [6.45, 7) is 2.25. The van der Waals surface area contributed by atoms with E-state index in [1.54, 1.807) is 18.2 Å². The van der Waals surface area contributed by atoms with Gasteiger partial charge < -0.3 is 5.73 Å². The van der Waals surface area contributed by atoms with Crippen molar-refractivity contribution >= 4 is 21.2 Å². The van der Waals surface area contributed by atoms with E-state index in [-0.39, 0.29) is 10.8 Å². The molecule has 96 valence electrons. The highest BCUT2D eigenvalue weighted by molar-refractivity contribution is 7.93. The van der Waals surface area contributed by atoms with Crippen LogP contribution in [0.2, 0.25) is 0 Å². The predicted octanol–water partition coefficient (Wildman–Crippen LogP) is 2.00. The minimum atomic E-state index is -3.46. The zero-order valence-electron chi connectivity index (χ0n) is 9.96. The Balaban J connectivity index is 2.47. The molecular weight excluding hydrogens is 268 g/mol. The topological polar surface area (TPSA) is 73.0 Å². The van der Waals surface area contributed by atoms with Crippen LogP contribution < -0.4 is 5.73 Å². The van der Waals surface area contributed by atoms with Gasteiger partial charge in [0.1, 0.15) is 9.22 Å². The van der Waals surface area contributed by atoms with E-state index in [1.165, 1.54) is 6.20 Å². The summed E-state index contributed by atoms with van der Waals surface area (Å²) in [5.74, 6) is 0. The lowest BCUT2D eigenvalue weighted by Gasteiger charge is -2.03. The zero-order chi connectivity index (χ0) is 13.2. The Morgan fingerprint density at radius 1 is 1.39 bits per heavy atom. The second-order valence-electron chi connectivity index (χ2n) is 3.78. The van der Waals surface area contributed by atoms with Gasteiger partial charge in [-0.15, -0.1) is 11.3 Å². The quantitative estimate of drug-likeness (QED) is 0.931. The van der Waals surface area contributed by atoms with E-state index in [0.29, 0.717) is 9.90 Å². The highest BCUT2D eigenvalue weighted by Crippen LogP contribution is 2.26. The molecule has 0 fully saturated rings. The number of sulfone groups is 1. The number of nitrogens with two attached hydrogens (primary N) is 1. The van der Waals surface area contributed by atoms with Crippen molar-refractivity contribution in [1.29, 1.82) is 0 Å². The van der Waals surface area contributed by atoms with Crippen molar-refractivity contribution in [2.45, 2.75) is 29.0 Å². The fraction of sp³-hybridized carbons (Fsp3) is 0.250. The fourth-order valence-electron chi connectivity index (χ4n) is 1.56. The van der Waals surface area contributed by atoms with E-state index in [2.05, 4.69) is 4.98 Å². The maximum atomic E-state index is 12.4. The van der Waals surface area contributed by atoms with E-state index < -0.39 is 9.84 Å². The van der Waals surface area contributed by atoms with Crippen LogP contribution in [0.15, 0.2) is 39.6 Å². The van der Waals surface area contributed by atoms with Crippen molar-refractivity contribution < 1.29 is 8.42 Å². The smallest absolute Gasteiger partial charge is 0.217 e. The summed E-state index contributed by atoms with van der Waals surface area (Å²) in [5, 5.41) is 0.625. The molecule has 0 amide bonds. The summed E-state index contributed by atoms with van der Waals surface area (Å²) < 4.78 is 25.0. The van der Waals surface area contributed by atoms with Crippen LogP contribution in [-0.4, -0.2) is 13.4 Å². The lowest BCUT2D eigenvalue weighted by molar-refractivity contribution is 0.598. The lowest BCUT2D eigenvalue weighted by atomic mass is 10.2. The maximum Gasteiger partial charge on any atom is 0.217 e. The third kappa shape index (κ3) is 2.45. The molecule has 0 bridgehead atoms. The van der Waals surface area contributed by atoms with Gasteiger partial charge in [-0.25, -0.2) is 13.4 Å². The normalized spacial score (nSPS) is 11.7. The number of hydrogen-bond donors (Lipinski definition) is 1. The molecule has 1 aromatic carbocycles. The minimum absolute atomic E-state index is 0.246. The molecule has 2 aromatic rings. The van der Waals surface area contributed by atoms with Gasteiger partial charge >= 0.3 is 0 Å². The number of nitrogens with zero attached hydrogens (tertiary/aromatic N) is 1. The van der Waals surface area contributed by atoms with Gasteiger partial charge in [-0.1, -0.05) is 19.1 Å². The van der Waals surface area contributed by atoms with Gasteiger partial charge in [0.25, 0.3) is 0 Å². The first-order valence-corrected chi connectivity index (χ1v) is 7.86. The Hall–Kier alpha value is -1.24. The van der Waals surface area contributed by atoms with Crippen LogP contribution in [0.1, 0.15) is 17.5 Å². The molecule has 0 saturated carbocycles. The Bertz CT molecular complexity index is 648. The first kappa shape index (κ1) is 13.2. The van der Waals surface area contributed by atoms with Gasteiger partial charge in [0.2, 0.25) is 9.84 Å².